The predicted octanol–water partition coefficient (Wildman–Crippen LogP) is 1.32. The van der Waals surface area contributed by atoms with E-state index in [0.29, 0.717) is 11.5 Å². The normalized spacial score (nSPS) is 13.6. The summed E-state index contributed by atoms with van der Waals surface area (Å²) in [5.41, 5.74) is 0.722. The van der Waals surface area contributed by atoms with Gasteiger partial charge >= 0.3 is 5.97 Å². The van der Waals surface area contributed by atoms with Crippen molar-refractivity contribution in [3.8, 4) is 11.5 Å². The third kappa shape index (κ3) is 3.87. The first-order chi connectivity index (χ1) is 10.0. The molecule has 1 fully saturated rings. The quantitative estimate of drug-likeness (QED) is 0.820. The van der Waals surface area contributed by atoms with Crippen LogP contribution >= 0.6 is 0 Å². The van der Waals surface area contributed by atoms with E-state index in [9.17, 15) is 9.59 Å². The Morgan fingerprint density at radius 1 is 1.29 bits per heavy atom. The average Bonchev–Trinajstić information content (AvgIpc) is 3.29. The lowest BCUT2D eigenvalue weighted by atomic mass is 10.1. The largest absolute Gasteiger partial charge is 0.497 e. The number of nitrogens with zero attached hydrogens (tertiary/aromatic N) is 1. The first-order valence-electron chi connectivity index (χ1n) is 6.77. The molecular formula is C15H19NO5. The molecule has 0 bridgehead atoms. The van der Waals surface area contributed by atoms with E-state index in [1.807, 2.05) is 0 Å². The summed E-state index contributed by atoms with van der Waals surface area (Å²) < 4.78 is 10.4. The molecule has 1 saturated carbocycles. The van der Waals surface area contributed by atoms with Crippen LogP contribution in [-0.2, 0) is 16.0 Å². The van der Waals surface area contributed by atoms with Crippen molar-refractivity contribution in [2.45, 2.75) is 25.3 Å². The Balaban J connectivity index is 2.12. The van der Waals surface area contributed by atoms with E-state index in [1.165, 1.54) is 12.0 Å². The van der Waals surface area contributed by atoms with Gasteiger partial charge < -0.3 is 19.5 Å². The van der Waals surface area contributed by atoms with Gasteiger partial charge in [-0.3, -0.25) is 9.59 Å². The zero-order valence-corrected chi connectivity index (χ0v) is 12.2. The molecule has 1 aromatic rings. The predicted molar refractivity (Wildman–Crippen MR) is 75.6 cm³/mol. The van der Waals surface area contributed by atoms with Gasteiger partial charge in [-0.1, -0.05) is 6.07 Å². The number of methoxy groups -OCH3 is 2. The van der Waals surface area contributed by atoms with Gasteiger partial charge in [0.1, 0.15) is 18.0 Å². The molecule has 6 heteroatoms. The molecule has 1 aliphatic carbocycles. The third-order valence-electron chi connectivity index (χ3n) is 3.45. The van der Waals surface area contributed by atoms with Crippen LogP contribution in [0.4, 0.5) is 0 Å². The van der Waals surface area contributed by atoms with Crippen molar-refractivity contribution >= 4 is 11.9 Å². The van der Waals surface area contributed by atoms with E-state index < -0.39 is 5.97 Å². The van der Waals surface area contributed by atoms with Gasteiger partial charge in [0.2, 0.25) is 5.91 Å². The van der Waals surface area contributed by atoms with Gasteiger partial charge in [0.05, 0.1) is 20.6 Å². The number of rotatable bonds is 7. The maximum Gasteiger partial charge on any atom is 0.323 e. The number of carboxylic acids is 1. The average molecular weight is 293 g/mol. The summed E-state index contributed by atoms with van der Waals surface area (Å²) in [5.74, 6) is 0.0294. The first kappa shape index (κ1) is 15.2. The minimum absolute atomic E-state index is 0.0674. The summed E-state index contributed by atoms with van der Waals surface area (Å²) in [6.45, 7) is -0.248. The summed E-state index contributed by atoms with van der Waals surface area (Å²) in [4.78, 5) is 24.6. The van der Waals surface area contributed by atoms with Gasteiger partial charge in [-0.15, -0.1) is 0 Å². The summed E-state index contributed by atoms with van der Waals surface area (Å²) in [6, 6.07) is 5.30. The molecule has 21 heavy (non-hydrogen) atoms. The number of aliphatic carboxylic acids is 1. The molecule has 1 aromatic carbocycles. The monoisotopic (exact) mass is 293 g/mol. The van der Waals surface area contributed by atoms with Crippen LogP contribution in [0, 0.1) is 0 Å². The number of benzene rings is 1. The van der Waals surface area contributed by atoms with E-state index in [0.717, 1.165) is 18.4 Å². The second-order valence-corrected chi connectivity index (χ2v) is 5.00. The summed E-state index contributed by atoms with van der Waals surface area (Å²) in [6.07, 6.45) is 1.87. The van der Waals surface area contributed by atoms with Crippen LogP contribution in [0.25, 0.3) is 0 Å². The summed E-state index contributed by atoms with van der Waals surface area (Å²) in [5, 5.41) is 8.91. The lowest BCUT2D eigenvalue weighted by Crippen LogP contribution is -2.38. The Morgan fingerprint density at radius 2 is 2.00 bits per heavy atom. The highest BCUT2D eigenvalue weighted by atomic mass is 16.5. The van der Waals surface area contributed by atoms with Crippen molar-refractivity contribution in [3.63, 3.8) is 0 Å². The van der Waals surface area contributed by atoms with E-state index in [2.05, 4.69) is 0 Å². The Labute approximate surface area is 123 Å². The van der Waals surface area contributed by atoms with Crippen LogP contribution in [-0.4, -0.2) is 48.7 Å². The second kappa shape index (κ2) is 6.47. The van der Waals surface area contributed by atoms with Crippen LogP contribution in [0.3, 0.4) is 0 Å². The summed E-state index contributed by atoms with van der Waals surface area (Å²) in [7, 11) is 3.08. The van der Waals surface area contributed by atoms with Crippen LogP contribution < -0.4 is 9.47 Å². The van der Waals surface area contributed by atoms with Gasteiger partial charge in [0.25, 0.3) is 0 Å². The highest BCUT2D eigenvalue weighted by molar-refractivity contribution is 5.84. The maximum atomic E-state index is 12.3. The zero-order valence-electron chi connectivity index (χ0n) is 12.2. The van der Waals surface area contributed by atoms with Gasteiger partial charge in [-0.25, -0.2) is 0 Å². The number of ether oxygens (including phenoxy) is 2. The highest BCUT2D eigenvalue weighted by Crippen LogP contribution is 2.29. The van der Waals surface area contributed by atoms with Crippen LogP contribution in [0.5, 0.6) is 11.5 Å². The lowest BCUT2D eigenvalue weighted by Gasteiger charge is -2.21. The van der Waals surface area contributed by atoms with Crippen molar-refractivity contribution < 1.29 is 24.2 Å². The Morgan fingerprint density at radius 3 is 2.52 bits per heavy atom. The van der Waals surface area contributed by atoms with Gasteiger partial charge in [-0.2, -0.15) is 0 Å². The molecule has 0 saturated heterocycles. The van der Waals surface area contributed by atoms with Gasteiger partial charge in [0.15, 0.2) is 0 Å². The molecule has 6 nitrogen and oxygen atoms in total. The molecule has 0 aliphatic heterocycles. The molecule has 0 atom stereocenters. The van der Waals surface area contributed by atoms with Crippen molar-refractivity contribution in [1.29, 1.82) is 0 Å². The SMILES string of the molecule is COc1ccc(CC(=O)N(CC(=O)O)C2CC2)c(OC)c1. The third-order valence-corrected chi connectivity index (χ3v) is 3.45. The van der Waals surface area contributed by atoms with E-state index >= 15 is 0 Å². The van der Waals surface area contributed by atoms with Crippen molar-refractivity contribution in [2.24, 2.45) is 0 Å². The van der Waals surface area contributed by atoms with Crippen molar-refractivity contribution in [3.05, 3.63) is 23.8 Å². The first-order valence-corrected chi connectivity index (χ1v) is 6.77. The minimum atomic E-state index is -0.989. The maximum absolute atomic E-state index is 12.3. The highest BCUT2D eigenvalue weighted by Gasteiger charge is 2.33. The van der Waals surface area contributed by atoms with Crippen LogP contribution in [0.2, 0.25) is 0 Å². The molecule has 1 aliphatic rings. The standard InChI is InChI=1S/C15H19NO5/c1-20-12-6-3-10(13(8-12)21-2)7-14(17)16(9-15(18)19)11-4-5-11/h3,6,8,11H,4-5,7,9H2,1-2H3,(H,18,19). The Kier molecular flexibility index (Phi) is 4.67. The zero-order chi connectivity index (χ0) is 15.4. The molecule has 1 amide bonds. The number of amides is 1. The molecule has 0 unspecified atom stereocenters. The van der Waals surface area contributed by atoms with Gasteiger partial charge in [0, 0.05) is 17.7 Å². The molecule has 0 aromatic heterocycles. The number of carbonyl (C=O) groups is 2. The second-order valence-electron chi connectivity index (χ2n) is 5.00. The van der Waals surface area contributed by atoms with Crippen molar-refractivity contribution in [1.82, 2.24) is 4.90 Å². The number of carboxylic acid groups (broad SMARTS) is 1. The number of carbonyl (C=O) groups excluding carboxylic acids is 1. The van der Waals surface area contributed by atoms with Gasteiger partial charge in [-0.05, 0) is 18.9 Å². The molecule has 0 spiro atoms. The molecule has 1 N–H and O–H groups in total. The topological polar surface area (TPSA) is 76.1 Å². The van der Waals surface area contributed by atoms with E-state index in [1.54, 1.807) is 25.3 Å². The molecular weight excluding hydrogens is 274 g/mol. The number of hydrogen-bond donors (Lipinski definition) is 1. The lowest BCUT2D eigenvalue weighted by molar-refractivity contribution is -0.144. The fourth-order valence-electron chi connectivity index (χ4n) is 2.22. The van der Waals surface area contributed by atoms with Crippen molar-refractivity contribution in [2.75, 3.05) is 20.8 Å². The molecule has 0 radical (unpaired) electrons. The van der Waals surface area contributed by atoms with E-state index in [-0.39, 0.29) is 24.9 Å². The smallest absolute Gasteiger partial charge is 0.323 e. The molecule has 0 heterocycles. The molecule has 114 valence electrons. The minimum Gasteiger partial charge on any atom is -0.497 e. The van der Waals surface area contributed by atoms with Crippen LogP contribution in [0.1, 0.15) is 18.4 Å². The Hall–Kier alpha value is -2.24. The van der Waals surface area contributed by atoms with Crippen LogP contribution in [0.15, 0.2) is 18.2 Å². The van der Waals surface area contributed by atoms with E-state index in [4.69, 9.17) is 14.6 Å². The summed E-state index contributed by atoms with van der Waals surface area (Å²) >= 11 is 0. The molecule has 2 rings (SSSR count). The number of hydrogen-bond acceptors (Lipinski definition) is 4. The Bertz CT molecular complexity index is 539. The fourth-order valence-corrected chi connectivity index (χ4v) is 2.22. The fraction of sp³-hybridized carbons (Fsp3) is 0.467.